The highest BCUT2D eigenvalue weighted by Crippen LogP contribution is 2.23. The molecule has 0 bridgehead atoms. The van der Waals surface area contributed by atoms with E-state index in [1.54, 1.807) is 24.3 Å². The van der Waals surface area contributed by atoms with Crippen LogP contribution in [0, 0.1) is 0 Å². The molecule has 1 N–H and O–H groups in total. The van der Waals surface area contributed by atoms with E-state index in [9.17, 15) is 22.8 Å². The Bertz CT molecular complexity index is 763. The summed E-state index contributed by atoms with van der Waals surface area (Å²) >= 11 is 0. The maximum Gasteiger partial charge on any atom is 0.573 e. The van der Waals surface area contributed by atoms with Crippen LogP contribution in [0.3, 0.4) is 0 Å². The van der Waals surface area contributed by atoms with Crippen molar-refractivity contribution >= 4 is 11.9 Å². The van der Waals surface area contributed by atoms with E-state index >= 15 is 0 Å². The summed E-state index contributed by atoms with van der Waals surface area (Å²) in [4.78, 5) is 24.0. The van der Waals surface area contributed by atoms with Gasteiger partial charge < -0.3 is 14.8 Å². The van der Waals surface area contributed by atoms with Crippen LogP contribution in [0.5, 0.6) is 5.75 Å². The molecule has 0 aliphatic heterocycles. The van der Waals surface area contributed by atoms with Crippen molar-refractivity contribution in [2.75, 3.05) is 0 Å². The summed E-state index contributed by atoms with van der Waals surface area (Å²) in [7, 11) is 0. The molecule has 0 spiro atoms. The number of carbonyl (C=O) groups excluding carboxylic acids is 2. The Kier molecular flexibility index (Phi) is 6.21. The lowest BCUT2D eigenvalue weighted by molar-refractivity contribution is -0.274. The Hall–Kier alpha value is -3.03. The summed E-state index contributed by atoms with van der Waals surface area (Å²) in [6.45, 7) is 1.44. The SMILES string of the molecule is C[C@H](NC(=O)OCc1ccccc1)C(=O)c1cccc(OC(F)(F)F)c1. The second-order valence-electron chi connectivity index (χ2n) is 5.37. The van der Waals surface area contributed by atoms with Crippen molar-refractivity contribution in [1.82, 2.24) is 5.32 Å². The summed E-state index contributed by atoms with van der Waals surface area (Å²) in [5, 5.41) is 2.34. The molecular formula is C18H16F3NO4. The summed E-state index contributed by atoms with van der Waals surface area (Å²) in [5.41, 5.74) is 0.751. The molecule has 26 heavy (non-hydrogen) atoms. The molecule has 2 aromatic rings. The normalized spacial score (nSPS) is 12.2. The Labute approximate surface area is 147 Å². The van der Waals surface area contributed by atoms with Gasteiger partial charge in [-0.2, -0.15) is 0 Å². The number of rotatable bonds is 6. The number of ketones is 1. The number of halogens is 3. The molecule has 0 aliphatic rings. The van der Waals surface area contributed by atoms with E-state index in [4.69, 9.17) is 4.74 Å². The van der Waals surface area contributed by atoms with Gasteiger partial charge in [-0.1, -0.05) is 42.5 Å². The molecule has 0 heterocycles. The third-order valence-electron chi connectivity index (χ3n) is 3.29. The van der Waals surface area contributed by atoms with E-state index in [1.165, 1.54) is 19.1 Å². The molecule has 8 heteroatoms. The molecule has 2 aromatic carbocycles. The smallest absolute Gasteiger partial charge is 0.445 e. The van der Waals surface area contributed by atoms with Crippen LogP contribution < -0.4 is 10.1 Å². The fourth-order valence-corrected chi connectivity index (χ4v) is 2.10. The molecule has 2 rings (SSSR count). The summed E-state index contributed by atoms with van der Waals surface area (Å²) in [6.07, 6.45) is -5.66. The van der Waals surface area contributed by atoms with Gasteiger partial charge in [-0.25, -0.2) is 4.79 Å². The van der Waals surface area contributed by atoms with E-state index in [2.05, 4.69) is 10.1 Å². The van der Waals surface area contributed by atoms with Gasteiger partial charge in [0.25, 0.3) is 0 Å². The molecule has 0 saturated heterocycles. The van der Waals surface area contributed by atoms with Gasteiger partial charge in [0.2, 0.25) is 0 Å². The van der Waals surface area contributed by atoms with Crippen LogP contribution in [-0.4, -0.2) is 24.3 Å². The number of hydrogen-bond acceptors (Lipinski definition) is 4. The van der Waals surface area contributed by atoms with Gasteiger partial charge in [-0.15, -0.1) is 13.2 Å². The number of amides is 1. The number of carbonyl (C=O) groups is 2. The lowest BCUT2D eigenvalue weighted by Crippen LogP contribution is -2.38. The van der Waals surface area contributed by atoms with Crippen molar-refractivity contribution in [3.05, 3.63) is 65.7 Å². The third-order valence-corrected chi connectivity index (χ3v) is 3.29. The van der Waals surface area contributed by atoms with E-state index in [-0.39, 0.29) is 12.2 Å². The summed E-state index contributed by atoms with van der Waals surface area (Å²) < 4.78 is 45.5. The Morgan fingerprint density at radius 3 is 2.42 bits per heavy atom. The fraction of sp³-hybridized carbons (Fsp3) is 0.222. The number of ether oxygens (including phenoxy) is 2. The maximum absolute atomic E-state index is 12.3. The van der Waals surface area contributed by atoms with Crippen molar-refractivity contribution in [2.45, 2.75) is 25.9 Å². The minimum absolute atomic E-state index is 0.0254. The number of hydrogen-bond donors (Lipinski definition) is 1. The predicted molar refractivity (Wildman–Crippen MR) is 86.7 cm³/mol. The monoisotopic (exact) mass is 367 g/mol. The van der Waals surface area contributed by atoms with Crippen LogP contribution in [0.15, 0.2) is 54.6 Å². The van der Waals surface area contributed by atoms with Gasteiger partial charge in [-0.05, 0) is 24.6 Å². The highest BCUT2D eigenvalue weighted by Gasteiger charge is 2.31. The molecule has 0 aromatic heterocycles. The number of Topliss-reactive ketones (excluding diaryl/α,β-unsaturated/α-hetero) is 1. The largest absolute Gasteiger partial charge is 0.573 e. The van der Waals surface area contributed by atoms with Gasteiger partial charge in [0.1, 0.15) is 12.4 Å². The molecule has 0 saturated carbocycles. The van der Waals surface area contributed by atoms with Crippen LogP contribution >= 0.6 is 0 Å². The number of benzene rings is 2. The minimum atomic E-state index is -4.85. The van der Waals surface area contributed by atoms with Gasteiger partial charge in [0.15, 0.2) is 5.78 Å². The number of alkyl carbamates (subject to hydrolysis) is 1. The molecular weight excluding hydrogens is 351 g/mol. The van der Waals surface area contributed by atoms with Crippen LogP contribution in [0.2, 0.25) is 0 Å². The van der Waals surface area contributed by atoms with Crippen molar-refractivity contribution in [3.8, 4) is 5.75 Å². The zero-order valence-electron chi connectivity index (χ0n) is 13.7. The second-order valence-corrected chi connectivity index (χ2v) is 5.37. The minimum Gasteiger partial charge on any atom is -0.445 e. The first-order chi connectivity index (χ1) is 12.2. The van der Waals surface area contributed by atoms with Crippen molar-refractivity contribution < 1.29 is 32.2 Å². The standard InChI is InChI=1S/C18H16F3NO4/c1-12(22-17(24)25-11-13-6-3-2-4-7-13)16(23)14-8-5-9-15(10-14)26-18(19,20)21/h2-10,12H,11H2,1H3,(H,22,24)/t12-/m0/s1. The van der Waals surface area contributed by atoms with Crippen molar-refractivity contribution in [3.63, 3.8) is 0 Å². The molecule has 1 amide bonds. The molecule has 0 aliphatic carbocycles. The third kappa shape index (κ3) is 6.12. The van der Waals surface area contributed by atoms with E-state index < -0.39 is 30.0 Å². The average Bonchev–Trinajstić information content (AvgIpc) is 2.59. The van der Waals surface area contributed by atoms with E-state index in [0.29, 0.717) is 0 Å². The average molecular weight is 367 g/mol. The fourth-order valence-electron chi connectivity index (χ4n) is 2.10. The van der Waals surface area contributed by atoms with Crippen molar-refractivity contribution in [1.29, 1.82) is 0 Å². The first-order valence-corrected chi connectivity index (χ1v) is 7.62. The highest BCUT2D eigenvalue weighted by molar-refractivity contribution is 6.01. The van der Waals surface area contributed by atoms with Gasteiger partial charge in [-0.3, -0.25) is 4.79 Å². The van der Waals surface area contributed by atoms with Crippen LogP contribution in [-0.2, 0) is 11.3 Å². The number of nitrogens with one attached hydrogen (secondary N) is 1. The van der Waals surface area contributed by atoms with Gasteiger partial charge >= 0.3 is 12.5 Å². The quantitative estimate of drug-likeness (QED) is 0.782. The zero-order chi connectivity index (χ0) is 19.2. The predicted octanol–water partition coefficient (Wildman–Crippen LogP) is 4.08. The zero-order valence-corrected chi connectivity index (χ0v) is 13.7. The first-order valence-electron chi connectivity index (χ1n) is 7.62. The van der Waals surface area contributed by atoms with Crippen LogP contribution in [0.25, 0.3) is 0 Å². The lowest BCUT2D eigenvalue weighted by Gasteiger charge is -2.14. The summed E-state index contributed by atoms with van der Waals surface area (Å²) in [6, 6.07) is 12.6. The number of alkyl halides is 3. The molecule has 0 unspecified atom stereocenters. The van der Waals surface area contributed by atoms with Crippen molar-refractivity contribution in [2.24, 2.45) is 0 Å². The molecule has 1 atom stereocenters. The molecule has 0 radical (unpaired) electrons. The van der Waals surface area contributed by atoms with E-state index in [1.807, 2.05) is 6.07 Å². The molecule has 138 valence electrons. The summed E-state index contributed by atoms with van der Waals surface area (Å²) in [5.74, 6) is -1.09. The van der Waals surface area contributed by atoms with E-state index in [0.717, 1.165) is 17.7 Å². The second kappa shape index (κ2) is 8.37. The molecule has 0 fully saturated rings. The first kappa shape index (κ1) is 19.3. The van der Waals surface area contributed by atoms with Gasteiger partial charge in [0, 0.05) is 5.56 Å². The molecule has 5 nitrogen and oxygen atoms in total. The highest BCUT2D eigenvalue weighted by atomic mass is 19.4. The maximum atomic E-state index is 12.3. The Morgan fingerprint density at radius 2 is 1.77 bits per heavy atom. The lowest BCUT2D eigenvalue weighted by atomic mass is 10.1. The topological polar surface area (TPSA) is 64.6 Å². The Balaban J connectivity index is 1.92. The Morgan fingerprint density at radius 1 is 1.08 bits per heavy atom. The van der Waals surface area contributed by atoms with Crippen LogP contribution in [0.4, 0.5) is 18.0 Å². The van der Waals surface area contributed by atoms with Gasteiger partial charge in [0.05, 0.1) is 6.04 Å². The van der Waals surface area contributed by atoms with Crippen LogP contribution in [0.1, 0.15) is 22.8 Å².